The van der Waals surface area contributed by atoms with Gasteiger partial charge in [0.2, 0.25) is 6.71 Å². The first-order valence-electron chi connectivity index (χ1n) is 9.80. The SMILES string of the molecule is CC1(C)C2=CC=CC3=Cc4cccc5c4B(c4c1cccc4C5(C)C)C32. The zero-order chi connectivity index (χ0) is 17.8. The number of hydrogen-bond acceptors (Lipinski definition) is 0. The third-order valence-corrected chi connectivity index (χ3v) is 7.52. The molecule has 2 aromatic rings. The summed E-state index contributed by atoms with van der Waals surface area (Å²) in [6, 6.07) is 14.0. The summed E-state index contributed by atoms with van der Waals surface area (Å²) in [5.74, 6) is 0.494. The van der Waals surface area contributed by atoms with Crippen LogP contribution in [0.3, 0.4) is 0 Å². The Morgan fingerprint density at radius 2 is 1.46 bits per heavy atom. The van der Waals surface area contributed by atoms with Gasteiger partial charge in [-0.25, -0.2) is 0 Å². The Morgan fingerprint density at radius 3 is 2.23 bits per heavy atom. The zero-order valence-electron chi connectivity index (χ0n) is 15.9. The number of allylic oxidation sites excluding steroid dienone is 5. The molecule has 0 aromatic heterocycles. The van der Waals surface area contributed by atoms with Crippen LogP contribution in [0.1, 0.15) is 49.9 Å². The summed E-state index contributed by atoms with van der Waals surface area (Å²) < 4.78 is 0. The Hall–Kier alpha value is -2.28. The molecule has 0 bridgehead atoms. The van der Waals surface area contributed by atoms with Crippen molar-refractivity contribution in [3.8, 4) is 0 Å². The van der Waals surface area contributed by atoms with Crippen molar-refractivity contribution in [1.29, 1.82) is 0 Å². The summed E-state index contributed by atoms with van der Waals surface area (Å²) in [7, 11) is 0. The first kappa shape index (κ1) is 14.8. The van der Waals surface area contributed by atoms with Gasteiger partial charge in [-0.05, 0) is 33.6 Å². The standard InChI is InChI=1S/C25H23B/c1-24(2)17-10-5-8-15-14-16-9-6-11-18-22(16)26(21(15)17)23-19(24)12-7-13-20(23)25(18,3)4/h5-14,21H,1-4H3. The molecule has 3 heterocycles. The molecule has 0 radical (unpaired) electrons. The van der Waals surface area contributed by atoms with Crippen molar-refractivity contribution in [2.75, 3.05) is 0 Å². The van der Waals surface area contributed by atoms with Crippen LogP contribution in [0.4, 0.5) is 0 Å². The Morgan fingerprint density at radius 1 is 0.808 bits per heavy atom. The highest BCUT2D eigenvalue weighted by molar-refractivity contribution is 6.90. The van der Waals surface area contributed by atoms with E-state index in [1.54, 1.807) is 16.5 Å². The molecule has 0 spiro atoms. The maximum atomic E-state index is 2.45. The molecule has 0 saturated carbocycles. The Kier molecular flexibility index (Phi) is 2.48. The second-order valence-electron chi connectivity index (χ2n) is 9.41. The Balaban J connectivity index is 1.85. The van der Waals surface area contributed by atoms with E-state index in [1.165, 1.54) is 27.8 Å². The summed E-state index contributed by atoms with van der Waals surface area (Å²) in [5.41, 5.74) is 12.4. The maximum absolute atomic E-state index is 2.45. The van der Waals surface area contributed by atoms with Crippen molar-refractivity contribution in [3.05, 3.63) is 88.0 Å². The molecule has 1 heteroatoms. The number of rotatable bonds is 0. The Labute approximate surface area is 156 Å². The van der Waals surface area contributed by atoms with Gasteiger partial charge in [0, 0.05) is 10.8 Å². The number of hydrogen-bond donors (Lipinski definition) is 0. The van der Waals surface area contributed by atoms with Crippen molar-refractivity contribution < 1.29 is 0 Å². The summed E-state index contributed by atoms with van der Waals surface area (Å²) in [4.78, 5) is 0. The van der Waals surface area contributed by atoms with Crippen molar-refractivity contribution in [2.45, 2.75) is 44.3 Å². The van der Waals surface area contributed by atoms with E-state index in [4.69, 9.17) is 0 Å². The fourth-order valence-corrected chi connectivity index (χ4v) is 6.31. The van der Waals surface area contributed by atoms with E-state index in [-0.39, 0.29) is 10.8 Å². The third-order valence-electron chi connectivity index (χ3n) is 7.52. The van der Waals surface area contributed by atoms with Crippen LogP contribution < -0.4 is 10.9 Å². The van der Waals surface area contributed by atoms with Gasteiger partial charge in [0.15, 0.2) is 0 Å². The third kappa shape index (κ3) is 1.47. The van der Waals surface area contributed by atoms with Crippen LogP contribution in [0.2, 0.25) is 5.82 Å². The first-order chi connectivity index (χ1) is 12.4. The fraction of sp³-hybridized carbons (Fsp3) is 0.280. The smallest absolute Gasteiger partial charge is 0.0651 e. The predicted octanol–water partition coefficient (Wildman–Crippen LogP) is 4.49. The normalized spacial score (nSPS) is 24.6. The van der Waals surface area contributed by atoms with Crippen molar-refractivity contribution in [2.24, 2.45) is 0 Å². The first-order valence-corrected chi connectivity index (χ1v) is 9.80. The van der Waals surface area contributed by atoms with E-state index in [2.05, 4.69) is 88.4 Å². The number of benzene rings is 2. The second kappa shape index (κ2) is 4.34. The van der Waals surface area contributed by atoms with E-state index >= 15 is 0 Å². The highest BCUT2D eigenvalue weighted by Crippen LogP contribution is 2.53. The van der Waals surface area contributed by atoms with Crippen molar-refractivity contribution in [1.82, 2.24) is 0 Å². The molecule has 4 aliphatic rings. The van der Waals surface area contributed by atoms with Crippen molar-refractivity contribution in [3.63, 3.8) is 0 Å². The maximum Gasteiger partial charge on any atom is 0.222 e. The van der Waals surface area contributed by atoms with Gasteiger partial charge in [-0.15, -0.1) is 0 Å². The minimum Gasteiger partial charge on any atom is -0.0651 e. The monoisotopic (exact) mass is 334 g/mol. The lowest BCUT2D eigenvalue weighted by atomic mass is 9.21. The average molecular weight is 334 g/mol. The molecule has 1 aliphatic carbocycles. The predicted molar refractivity (Wildman–Crippen MR) is 112 cm³/mol. The summed E-state index contributed by atoms with van der Waals surface area (Å²) in [5, 5.41) is 0. The van der Waals surface area contributed by atoms with Crippen LogP contribution in [0, 0.1) is 0 Å². The summed E-state index contributed by atoms with van der Waals surface area (Å²) >= 11 is 0. The fourth-order valence-electron chi connectivity index (χ4n) is 6.31. The van der Waals surface area contributed by atoms with Gasteiger partial charge in [0.05, 0.1) is 0 Å². The molecule has 3 aliphatic heterocycles. The molecule has 26 heavy (non-hydrogen) atoms. The highest BCUT2D eigenvalue weighted by Gasteiger charge is 2.54. The molecule has 126 valence electrons. The molecule has 1 atom stereocenters. The lowest BCUT2D eigenvalue weighted by Gasteiger charge is -2.53. The molecule has 0 amide bonds. The summed E-state index contributed by atoms with van der Waals surface area (Å²) in [6.45, 7) is 10.1. The molecular weight excluding hydrogens is 311 g/mol. The molecule has 2 aromatic carbocycles. The molecule has 1 unspecified atom stereocenters. The van der Waals surface area contributed by atoms with Crippen LogP contribution in [0.5, 0.6) is 0 Å². The largest absolute Gasteiger partial charge is 0.222 e. The second-order valence-corrected chi connectivity index (χ2v) is 9.41. The minimum atomic E-state index is 0.0559. The van der Waals surface area contributed by atoms with Gasteiger partial charge in [0.25, 0.3) is 0 Å². The van der Waals surface area contributed by atoms with E-state index in [0.29, 0.717) is 12.5 Å². The lowest BCUT2D eigenvalue weighted by molar-refractivity contribution is 0.586. The Bertz CT molecular complexity index is 1090. The van der Waals surface area contributed by atoms with Gasteiger partial charge in [-0.1, -0.05) is 105 Å². The van der Waals surface area contributed by atoms with Crippen LogP contribution >= 0.6 is 0 Å². The quantitative estimate of drug-likeness (QED) is 0.623. The van der Waals surface area contributed by atoms with Gasteiger partial charge < -0.3 is 0 Å². The lowest BCUT2D eigenvalue weighted by Crippen LogP contribution is -2.64. The van der Waals surface area contributed by atoms with E-state index in [0.717, 1.165) is 0 Å². The van der Waals surface area contributed by atoms with E-state index < -0.39 is 0 Å². The van der Waals surface area contributed by atoms with Crippen LogP contribution in [0.25, 0.3) is 6.08 Å². The van der Waals surface area contributed by atoms with Crippen LogP contribution in [0.15, 0.2) is 65.8 Å². The van der Waals surface area contributed by atoms with Gasteiger partial charge in [0.1, 0.15) is 0 Å². The van der Waals surface area contributed by atoms with Gasteiger partial charge >= 0.3 is 0 Å². The zero-order valence-corrected chi connectivity index (χ0v) is 15.9. The van der Waals surface area contributed by atoms with Crippen molar-refractivity contribution >= 4 is 23.7 Å². The molecule has 0 fully saturated rings. The summed E-state index contributed by atoms with van der Waals surface area (Å²) in [6.07, 6.45) is 9.45. The molecular formula is C25H23B. The molecule has 0 saturated heterocycles. The van der Waals surface area contributed by atoms with E-state index in [9.17, 15) is 0 Å². The highest BCUT2D eigenvalue weighted by atomic mass is 14.5. The average Bonchev–Trinajstić information content (AvgIpc) is 2.63. The topological polar surface area (TPSA) is 0 Å². The van der Waals surface area contributed by atoms with Crippen LogP contribution in [-0.2, 0) is 10.8 Å². The van der Waals surface area contributed by atoms with E-state index in [1.807, 2.05) is 0 Å². The molecule has 6 rings (SSSR count). The molecule has 0 nitrogen and oxygen atoms in total. The van der Waals surface area contributed by atoms with Crippen LogP contribution in [-0.4, -0.2) is 6.71 Å². The van der Waals surface area contributed by atoms with Gasteiger partial charge in [-0.2, -0.15) is 0 Å². The minimum absolute atomic E-state index is 0.0559. The molecule has 0 N–H and O–H groups in total. The van der Waals surface area contributed by atoms with Gasteiger partial charge in [-0.3, -0.25) is 0 Å².